The minimum Gasteiger partial charge on any atom is -0.396 e. The van der Waals surface area contributed by atoms with Gasteiger partial charge >= 0.3 is 0 Å². The van der Waals surface area contributed by atoms with E-state index in [0.29, 0.717) is 6.61 Å². The van der Waals surface area contributed by atoms with Crippen LogP contribution in [0.3, 0.4) is 0 Å². The largest absolute Gasteiger partial charge is 0.396 e. The van der Waals surface area contributed by atoms with Crippen LogP contribution >= 0.6 is 11.8 Å². The Hall–Kier alpha value is 0.527. The SMILES string of the molecule is C[Si](C)(CCCCCCCCCCCCSCCO)C1CC2CCC1C2. The van der Waals surface area contributed by atoms with Crippen molar-refractivity contribution in [2.45, 2.75) is 115 Å². The summed E-state index contributed by atoms with van der Waals surface area (Å²) in [6.07, 6.45) is 20.8. The van der Waals surface area contributed by atoms with Crippen LogP contribution in [0.4, 0.5) is 0 Å². The summed E-state index contributed by atoms with van der Waals surface area (Å²) >= 11 is 1.90. The van der Waals surface area contributed by atoms with Crippen molar-refractivity contribution < 1.29 is 5.11 Å². The van der Waals surface area contributed by atoms with Crippen LogP contribution in [-0.4, -0.2) is 31.3 Å². The molecule has 2 fully saturated rings. The summed E-state index contributed by atoms with van der Waals surface area (Å²) in [7, 11) is -0.942. The number of fused-ring (bicyclic) bond motifs is 2. The molecule has 154 valence electrons. The zero-order valence-electron chi connectivity index (χ0n) is 17.8. The lowest BCUT2D eigenvalue weighted by Gasteiger charge is -2.36. The van der Waals surface area contributed by atoms with Crippen molar-refractivity contribution in [1.29, 1.82) is 0 Å². The highest BCUT2D eigenvalue weighted by Crippen LogP contribution is 2.56. The molecule has 3 heteroatoms. The first-order valence-electron chi connectivity index (χ1n) is 11.8. The first-order valence-corrected chi connectivity index (χ1v) is 16.3. The van der Waals surface area contributed by atoms with Crippen molar-refractivity contribution in [3.63, 3.8) is 0 Å². The molecular weight excluding hydrogens is 352 g/mol. The molecule has 0 radical (unpaired) electrons. The summed E-state index contributed by atoms with van der Waals surface area (Å²) in [4.78, 5) is 0. The number of hydrogen-bond donors (Lipinski definition) is 1. The van der Waals surface area contributed by atoms with Crippen LogP contribution in [0.5, 0.6) is 0 Å². The summed E-state index contributed by atoms with van der Waals surface area (Å²) in [6.45, 7) is 5.76. The number of aliphatic hydroxyl groups is 1. The molecule has 0 aliphatic heterocycles. The molecule has 2 aliphatic carbocycles. The number of aliphatic hydroxyl groups excluding tert-OH is 1. The van der Waals surface area contributed by atoms with Crippen molar-refractivity contribution >= 4 is 19.8 Å². The number of rotatable bonds is 16. The Balaban J connectivity index is 1.35. The van der Waals surface area contributed by atoms with Gasteiger partial charge in [0.05, 0.1) is 14.7 Å². The van der Waals surface area contributed by atoms with Gasteiger partial charge in [-0.2, -0.15) is 11.8 Å². The highest BCUT2D eigenvalue weighted by Gasteiger charge is 2.46. The predicted octanol–water partition coefficient (Wildman–Crippen LogP) is 7.51. The topological polar surface area (TPSA) is 20.2 Å². The normalized spacial score (nSPS) is 25.3. The smallest absolute Gasteiger partial charge is 0.0521 e. The second kappa shape index (κ2) is 12.9. The van der Waals surface area contributed by atoms with Crippen molar-refractivity contribution in [1.82, 2.24) is 0 Å². The van der Waals surface area contributed by atoms with Gasteiger partial charge in [-0.25, -0.2) is 0 Å². The van der Waals surface area contributed by atoms with E-state index in [2.05, 4.69) is 13.1 Å². The molecule has 26 heavy (non-hydrogen) atoms. The maximum absolute atomic E-state index is 8.74. The maximum atomic E-state index is 8.74. The Kier molecular flexibility index (Phi) is 11.3. The average Bonchev–Trinajstić information content (AvgIpc) is 3.26. The zero-order valence-corrected chi connectivity index (χ0v) is 19.6. The minimum absolute atomic E-state index is 0.339. The summed E-state index contributed by atoms with van der Waals surface area (Å²) in [5.41, 5.74) is 1.18. The minimum atomic E-state index is -0.942. The third-order valence-electron chi connectivity index (χ3n) is 7.34. The van der Waals surface area contributed by atoms with Gasteiger partial charge < -0.3 is 5.11 Å². The first kappa shape index (κ1) is 22.8. The second-order valence-corrected chi connectivity index (χ2v) is 16.3. The third-order valence-corrected chi connectivity index (χ3v) is 12.7. The lowest BCUT2D eigenvalue weighted by molar-refractivity contribution is 0.322. The quantitative estimate of drug-likeness (QED) is 0.214. The predicted molar refractivity (Wildman–Crippen MR) is 122 cm³/mol. The van der Waals surface area contributed by atoms with Crippen LogP contribution in [0.15, 0.2) is 0 Å². The monoisotopic (exact) mass is 398 g/mol. The Labute approximate surface area is 169 Å². The Morgan fingerprint density at radius 3 is 1.92 bits per heavy atom. The summed E-state index contributed by atoms with van der Waals surface area (Å²) in [6, 6.07) is 1.61. The highest BCUT2D eigenvalue weighted by molar-refractivity contribution is 7.99. The van der Waals surface area contributed by atoms with E-state index in [1.165, 1.54) is 75.5 Å². The van der Waals surface area contributed by atoms with Gasteiger partial charge in [0.1, 0.15) is 0 Å². The molecule has 0 heterocycles. The zero-order chi connectivity index (χ0) is 18.7. The van der Waals surface area contributed by atoms with E-state index in [4.69, 9.17) is 5.11 Å². The molecule has 0 aromatic rings. The van der Waals surface area contributed by atoms with Crippen LogP contribution in [-0.2, 0) is 0 Å². The maximum Gasteiger partial charge on any atom is 0.0521 e. The molecule has 1 nitrogen and oxygen atoms in total. The van der Waals surface area contributed by atoms with Crippen molar-refractivity contribution in [2.24, 2.45) is 11.8 Å². The molecule has 2 aliphatic rings. The fraction of sp³-hybridized carbons (Fsp3) is 1.00. The van der Waals surface area contributed by atoms with Crippen LogP contribution in [0.2, 0.25) is 24.7 Å². The van der Waals surface area contributed by atoms with Crippen LogP contribution in [0.25, 0.3) is 0 Å². The van der Waals surface area contributed by atoms with Gasteiger partial charge in [0, 0.05) is 5.75 Å². The van der Waals surface area contributed by atoms with E-state index in [-0.39, 0.29) is 0 Å². The van der Waals surface area contributed by atoms with Crippen LogP contribution in [0, 0.1) is 11.8 Å². The molecule has 0 aromatic carbocycles. The fourth-order valence-corrected chi connectivity index (χ4v) is 10.6. The Morgan fingerprint density at radius 1 is 0.769 bits per heavy atom. The van der Waals surface area contributed by atoms with Gasteiger partial charge in [-0.3, -0.25) is 0 Å². The molecule has 0 amide bonds. The molecule has 0 saturated heterocycles. The fourth-order valence-electron chi connectivity index (χ4n) is 5.75. The van der Waals surface area contributed by atoms with Gasteiger partial charge in [-0.1, -0.05) is 89.8 Å². The molecule has 1 N–H and O–H groups in total. The average molecular weight is 399 g/mol. The summed E-state index contributed by atoms with van der Waals surface area (Å²) in [5, 5.41) is 8.74. The number of unbranched alkanes of at least 4 members (excludes halogenated alkanes) is 9. The van der Waals surface area contributed by atoms with E-state index >= 15 is 0 Å². The van der Waals surface area contributed by atoms with Gasteiger partial charge in [0.25, 0.3) is 0 Å². The molecule has 2 rings (SSSR count). The summed E-state index contributed by atoms with van der Waals surface area (Å²) in [5.74, 6) is 4.44. The lowest BCUT2D eigenvalue weighted by atomic mass is 10.0. The molecule has 0 aromatic heterocycles. The van der Waals surface area contributed by atoms with E-state index < -0.39 is 8.07 Å². The van der Waals surface area contributed by atoms with Crippen molar-refractivity contribution in [3.8, 4) is 0 Å². The van der Waals surface area contributed by atoms with Gasteiger partial charge in [-0.05, 0) is 42.4 Å². The standard InChI is InChI=1S/C23H46OSSi/c1-26(2,23-20-21-13-14-22(23)19-21)18-12-10-8-6-4-3-5-7-9-11-16-25-17-15-24/h21-24H,3-20H2,1-2H3. The Bertz CT molecular complexity index is 360. The molecular formula is C23H46OSSi. The lowest BCUT2D eigenvalue weighted by Crippen LogP contribution is -2.35. The summed E-state index contributed by atoms with van der Waals surface area (Å²) < 4.78 is 0. The van der Waals surface area contributed by atoms with E-state index in [0.717, 1.165) is 17.6 Å². The Morgan fingerprint density at radius 2 is 1.38 bits per heavy atom. The second-order valence-electron chi connectivity index (χ2n) is 9.89. The van der Waals surface area contributed by atoms with Crippen molar-refractivity contribution in [3.05, 3.63) is 0 Å². The van der Waals surface area contributed by atoms with Crippen LogP contribution in [0.1, 0.15) is 89.9 Å². The van der Waals surface area contributed by atoms with Gasteiger partial charge in [-0.15, -0.1) is 0 Å². The number of hydrogen-bond acceptors (Lipinski definition) is 2. The highest BCUT2D eigenvalue weighted by atomic mass is 32.2. The number of thioether (sulfide) groups is 1. The van der Waals surface area contributed by atoms with E-state index in [1.807, 2.05) is 11.8 Å². The van der Waals surface area contributed by atoms with E-state index in [9.17, 15) is 0 Å². The van der Waals surface area contributed by atoms with E-state index in [1.54, 1.807) is 31.7 Å². The van der Waals surface area contributed by atoms with Gasteiger partial charge in [0.15, 0.2) is 0 Å². The molecule has 3 atom stereocenters. The van der Waals surface area contributed by atoms with Crippen LogP contribution < -0.4 is 0 Å². The molecule has 2 saturated carbocycles. The molecule has 3 unspecified atom stereocenters. The van der Waals surface area contributed by atoms with Gasteiger partial charge in [0.2, 0.25) is 0 Å². The molecule has 0 spiro atoms. The van der Waals surface area contributed by atoms with Crippen molar-refractivity contribution in [2.75, 3.05) is 18.1 Å². The molecule has 2 bridgehead atoms. The third kappa shape index (κ3) is 8.27. The first-order chi connectivity index (χ1) is 12.6.